The van der Waals surface area contributed by atoms with Crippen molar-refractivity contribution >= 4 is 5.97 Å². The molecule has 1 aliphatic carbocycles. The van der Waals surface area contributed by atoms with Gasteiger partial charge in [-0.3, -0.25) is 9.69 Å². The predicted molar refractivity (Wildman–Crippen MR) is 71.7 cm³/mol. The van der Waals surface area contributed by atoms with Crippen molar-refractivity contribution in [3.05, 3.63) is 0 Å². The van der Waals surface area contributed by atoms with Crippen LogP contribution in [0, 0.1) is 5.92 Å². The molecule has 2 fully saturated rings. The Kier molecular flexibility index (Phi) is 5.01. The first kappa shape index (κ1) is 13.8. The number of aliphatic carboxylic acids is 1. The SMILES string of the molecule is CN1CCN(C2CCCCCC2)CC(C(=O)O)C1. The van der Waals surface area contributed by atoms with Crippen molar-refractivity contribution in [3.8, 4) is 0 Å². The van der Waals surface area contributed by atoms with Gasteiger partial charge in [0.15, 0.2) is 0 Å². The van der Waals surface area contributed by atoms with Gasteiger partial charge >= 0.3 is 5.97 Å². The van der Waals surface area contributed by atoms with Gasteiger partial charge in [0.2, 0.25) is 0 Å². The van der Waals surface area contributed by atoms with Gasteiger partial charge in [0.25, 0.3) is 0 Å². The smallest absolute Gasteiger partial charge is 0.309 e. The average molecular weight is 254 g/mol. The van der Waals surface area contributed by atoms with Crippen molar-refractivity contribution < 1.29 is 9.90 Å². The van der Waals surface area contributed by atoms with E-state index < -0.39 is 5.97 Å². The Hall–Kier alpha value is -0.610. The summed E-state index contributed by atoms with van der Waals surface area (Å²) in [7, 11) is 2.03. The summed E-state index contributed by atoms with van der Waals surface area (Å²) in [6.07, 6.45) is 7.86. The van der Waals surface area contributed by atoms with Crippen molar-refractivity contribution in [2.45, 2.75) is 44.6 Å². The lowest BCUT2D eigenvalue weighted by atomic mass is 10.0. The molecule has 0 aromatic heterocycles. The Morgan fingerprint density at radius 2 is 1.72 bits per heavy atom. The van der Waals surface area contributed by atoms with Crippen LogP contribution in [0.3, 0.4) is 0 Å². The van der Waals surface area contributed by atoms with Crippen LogP contribution < -0.4 is 0 Å². The van der Waals surface area contributed by atoms with E-state index in [0.717, 1.165) is 19.6 Å². The molecular weight excluding hydrogens is 228 g/mol. The first-order valence-corrected chi connectivity index (χ1v) is 7.32. The minimum atomic E-state index is -0.637. The minimum Gasteiger partial charge on any atom is -0.481 e. The summed E-state index contributed by atoms with van der Waals surface area (Å²) in [5.41, 5.74) is 0. The standard InChI is InChI=1S/C14H26N2O2/c1-15-8-9-16(11-12(10-15)14(17)18)13-6-4-2-3-5-7-13/h12-13H,2-11H2,1H3,(H,17,18). The Bertz CT molecular complexity index is 275. The van der Waals surface area contributed by atoms with Gasteiger partial charge in [-0.1, -0.05) is 25.7 Å². The quantitative estimate of drug-likeness (QED) is 0.761. The number of carbonyl (C=O) groups is 1. The molecule has 2 rings (SSSR count). The van der Waals surface area contributed by atoms with Gasteiger partial charge in [0.05, 0.1) is 5.92 Å². The maximum atomic E-state index is 11.3. The molecule has 0 amide bonds. The van der Waals surface area contributed by atoms with Crippen molar-refractivity contribution in [2.24, 2.45) is 5.92 Å². The van der Waals surface area contributed by atoms with Crippen LogP contribution in [0.25, 0.3) is 0 Å². The second-order valence-electron chi connectivity index (χ2n) is 5.94. The van der Waals surface area contributed by atoms with E-state index in [4.69, 9.17) is 0 Å². The van der Waals surface area contributed by atoms with E-state index >= 15 is 0 Å². The fraction of sp³-hybridized carbons (Fsp3) is 0.929. The second kappa shape index (κ2) is 6.53. The Morgan fingerprint density at radius 3 is 2.33 bits per heavy atom. The molecule has 18 heavy (non-hydrogen) atoms. The Morgan fingerprint density at radius 1 is 1.06 bits per heavy atom. The molecule has 1 heterocycles. The number of nitrogens with zero attached hydrogens (tertiary/aromatic N) is 2. The molecule has 4 heteroatoms. The number of hydrogen-bond donors (Lipinski definition) is 1. The molecule has 1 N–H and O–H groups in total. The third kappa shape index (κ3) is 3.69. The van der Waals surface area contributed by atoms with Crippen molar-refractivity contribution in [2.75, 3.05) is 33.2 Å². The van der Waals surface area contributed by atoms with Crippen LogP contribution in [0.1, 0.15) is 38.5 Å². The highest BCUT2D eigenvalue weighted by Gasteiger charge is 2.29. The zero-order valence-electron chi connectivity index (χ0n) is 11.5. The molecule has 1 saturated carbocycles. The van der Waals surface area contributed by atoms with Crippen LogP contribution in [0.5, 0.6) is 0 Å². The normalized spacial score (nSPS) is 29.7. The number of rotatable bonds is 2. The molecule has 1 unspecified atom stereocenters. The van der Waals surface area contributed by atoms with E-state index in [-0.39, 0.29) is 5.92 Å². The summed E-state index contributed by atoms with van der Waals surface area (Å²) < 4.78 is 0. The molecule has 1 aliphatic heterocycles. The lowest BCUT2D eigenvalue weighted by Crippen LogP contribution is -2.40. The topological polar surface area (TPSA) is 43.8 Å². The van der Waals surface area contributed by atoms with Gasteiger partial charge in [-0.15, -0.1) is 0 Å². The molecule has 1 atom stereocenters. The fourth-order valence-electron chi connectivity index (χ4n) is 3.31. The van der Waals surface area contributed by atoms with Crippen LogP contribution in [-0.4, -0.2) is 60.1 Å². The summed E-state index contributed by atoms with van der Waals surface area (Å²) in [5.74, 6) is -0.858. The van der Waals surface area contributed by atoms with Gasteiger partial charge in [0, 0.05) is 32.2 Å². The molecule has 4 nitrogen and oxygen atoms in total. The zero-order valence-corrected chi connectivity index (χ0v) is 11.5. The third-order valence-electron chi connectivity index (χ3n) is 4.45. The summed E-state index contributed by atoms with van der Waals surface area (Å²) in [5, 5.41) is 9.30. The van der Waals surface area contributed by atoms with Gasteiger partial charge in [-0.05, 0) is 19.9 Å². The number of carboxylic acids is 1. The molecule has 0 aromatic rings. The van der Waals surface area contributed by atoms with E-state index in [0.29, 0.717) is 12.6 Å². The van der Waals surface area contributed by atoms with E-state index in [1.165, 1.54) is 38.5 Å². The summed E-state index contributed by atoms with van der Waals surface area (Å²) in [6, 6.07) is 0.626. The van der Waals surface area contributed by atoms with Gasteiger partial charge in [-0.2, -0.15) is 0 Å². The van der Waals surface area contributed by atoms with E-state index in [1.807, 2.05) is 7.05 Å². The van der Waals surface area contributed by atoms with Crippen molar-refractivity contribution in [1.82, 2.24) is 9.80 Å². The van der Waals surface area contributed by atoms with E-state index in [2.05, 4.69) is 9.80 Å². The molecule has 2 aliphatic rings. The van der Waals surface area contributed by atoms with Crippen molar-refractivity contribution in [3.63, 3.8) is 0 Å². The van der Waals surface area contributed by atoms with Crippen LogP contribution in [0.15, 0.2) is 0 Å². The predicted octanol–water partition coefficient (Wildman–Crippen LogP) is 1.66. The first-order chi connectivity index (χ1) is 8.66. The molecular formula is C14H26N2O2. The number of carboxylic acid groups (broad SMARTS) is 1. The monoisotopic (exact) mass is 254 g/mol. The molecule has 0 aromatic carbocycles. The van der Waals surface area contributed by atoms with Crippen LogP contribution in [-0.2, 0) is 4.79 Å². The van der Waals surface area contributed by atoms with E-state index in [1.54, 1.807) is 0 Å². The first-order valence-electron chi connectivity index (χ1n) is 7.32. The summed E-state index contributed by atoms with van der Waals surface area (Å²) in [4.78, 5) is 15.9. The Balaban J connectivity index is 1.99. The molecule has 0 spiro atoms. The van der Waals surface area contributed by atoms with Gasteiger partial charge < -0.3 is 10.0 Å². The zero-order chi connectivity index (χ0) is 13.0. The average Bonchev–Trinajstić information content (AvgIpc) is 2.69. The summed E-state index contributed by atoms with van der Waals surface area (Å²) in [6.45, 7) is 3.47. The maximum absolute atomic E-state index is 11.3. The number of likely N-dealkylation sites (N-methyl/N-ethyl adjacent to an activating group) is 1. The van der Waals surface area contributed by atoms with Crippen LogP contribution >= 0.6 is 0 Å². The third-order valence-corrected chi connectivity index (χ3v) is 4.45. The van der Waals surface area contributed by atoms with Crippen LogP contribution in [0.4, 0.5) is 0 Å². The lowest BCUT2D eigenvalue weighted by molar-refractivity contribution is -0.142. The second-order valence-corrected chi connectivity index (χ2v) is 5.94. The molecule has 0 bridgehead atoms. The largest absolute Gasteiger partial charge is 0.481 e. The maximum Gasteiger partial charge on any atom is 0.309 e. The van der Waals surface area contributed by atoms with Gasteiger partial charge in [-0.25, -0.2) is 0 Å². The minimum absolute atomic E-state index is 0.222. The van der Waals surface area contributed by atoms with E-state index in [9.17, 15) is 9.90 Å². The highest BCUT2D eigenvalue weighted by atomic mass is 16.4. The van der Waals surface area contributed by atoms with Crippen molar-refractivity contribution in [1.29, 1.82) is 0 Å². The lowest BCUT2D eigenvalue weighted by Gasteiger charge is -2.30. The molecule has 0 radical (unpaired) electrons. The summed E-state index contributed by atoms with van der Waals surface area (Å²) >= 11 is 0. The fourth-order valence-corrected chi connectivity index (χ4v) is 3.31. The van der Waals surface area contributed by atoms with Crippen LogP contribution in [0.2, 0.25) is 0 Å². The highest BCUT2D eigenvalue weighted by molar-refractivity contribution is 5.70. The number of hydrogen-bond acceptors (Lipinski definition) is 3. The highest BCUT2D eigenvalue weighted by Crippen LogP contribution is 2.23. The van der Waals surface area contributed by atoms with Gasteiger partial charge in [0.1, 0.15) is 0 Å². The molecule has 1 saturated heterocycles. The Labute approximate surface area is 110 Å². The molecule has 104 valence electrons.